The molecular formula is C24H29ClN2O5S. The van der Waals surface area contributed by atoms with Gasteiger partial charge in [0.25, 0.3) is 0 Å². The van der Waals surface area contributed by atoms with E-state index in [1.54, 1.807) is 13.8 Å². The van der Waals surface area contributed by atoms with Crippen molar-refractivity contribution in [1.82, 2.24) is 10.0 Å². The Hall–Kier alpha value is -2.73. The van der Waals surface area contributed by atoms with E-state index in [-0.39, 0.29) is 18.6 Å². The predicted octanol–water partition coefficient (Wildman–Crippen LogP) is 3.13. The fourth-order valence-corrected chi connectivity index (χ4v) is 3.80. The molecule has 0 saturated heterocycles. The van der Waals surface area contributed by atoms with Gasteiger partial charge in [0, 0.05) is 18.0 Å². The van der Waals surface area contributed by atoms with Crippen LogP contribution in [0.1, 0.15) is 25.0 Å². The van der Waals surface area contributed by atoms with Crippen molar-refractivity contribution < 1.29 is 22.7 Å². The highest BCUT2D eigenvalue weighted by Crippen LogP contribution is 2.13. The first-order valence-electron chi connectivity index (χ1n) is 10.4. The van der Waals surface area contributed by atoms with E-state index in [9.17, 15) is 13.2 Å². The standard InChI is InChI=1S/C24H29ClN2O5S/c1-18(2)23(27-33(3,29)30)24(28)26-15-14-20-8-12-22(13-9-20)32-17-31-16-4-5-19-6-10-21(25)11-7-19/h6-13,18,23,27H,5,14-15,17H2,1-3H3,(H,26,28)/t23-/m0/s1. The zero-order valence-electron chi connectivity index (χ0n) is 18.9. The molecule has 0 saturated carbocycles. The second kappa shape index (κ2) is 13.1. The summed E-state index contributed by atoms with van der Waals surface area (Å²) < 4.78 is 35.9. The van der Waals surface area contributed by atoms with E-state index < -0.39 is 16.1 Å². The third-order valence-electron chi connectivity index (χ3n) is 4.56. The average molecular weight is 493 g/mol. The van der Waals surface area contributed by atoms with Gasteiger partial charge in [-0.15, -0.1) is 0 Å². The first-order chi connectivity index (χ1) is 15.6. The van der Waals surface area contributed by atoms with E-state index in [0.717, 1.165) is 17.4 Å². The lowest BCUT2D eigenvalue weighted by Gasteiger charge is -2.20. The molecule has 0 aliphatic carbocycles. The van der Waals surface area contributed by atoms with Crippen LogP contribution in [0.25, 0.3) is 0 Å². The molecule has 9 heteroatoms. The third-order valence-corrected chi connectivity index (χ3v) is 5.50. The Morgan fingerprint density at radius 2 is 1.70 bits per heavy atom. The Balaban J connectivity index is 1.69. The van der Waals surface area contributed by atoms with Gasteiger partial charge in [-0.25, -0.2) is 13.1 Å². The zero-order valence-corrected chi connectivity index (χ0v) is 20.5. The molecule has 1 amide bonds. The van der Waals surface area contributed by atoms with Crippen molar-refractivity contribution in [3.8, 4) is 17.8 Å². The zero-order chi connectivity index (χ0) is 24.3. The largest absolute Gasteiger partial charge is 0.457 e. The Kier molecular flexibility index (Phi) is 10.5. The molecule has 2 N–H and O–H groups in total. The fourth-order valence-electron chi connectivity index (χ4n) is 2.83. The lowest BCUT2D eigenvalue weighted by molar-refractivity contribution is -0.123. The molecule has 0 unspecified atom stereocenters. The summed E-state index contributed by atoms with van der Waals surface area (Å²) in [6.45, 7) is 3.97. The number of halogens is 1. The lowest BCUT2D eigenvalue weighted by Crippen LogP contribution is -2.49. The summed E-state index contributed by atoms with van der Waals surface area (Å²) in [4.78, 5) is 12.3. The van der Waals surface area contributed by atoms with E-state index in [2.05, 4.69) is 22.1 Å². The molecule has 0 spiro atoms. The summed E-state index contributed by atoms with van der Waals surface area (Å²) in [6, 6.07) is 14.1. The number of carbonyl (C=O) groups excluding carboxylic acids is 1. The summed E-state index contributed by atoms with van der Waals surface area (Å²) >= 11 is 5.85. The van der Waals surface area contributed by atoms with Gasteiger partial charge in [-0.3, -0.25) is 4.79 Å². The van der Waals surface area contributed by atoms with E-state index in [4.69, 9.17) is 21.1 Å². The molecule has 33 heavy (non-hydrogen) atoms. The minimum absolute atomic E-state index is 0.00689. The number of carbonyl (C=O) groups is 1. The second-order valence-electron chi connectivity index (χ2n) is 7.79. The van der Waals surface area contributed by atoms with Gasteiger partial charge in [0.15, 0.2) is 0 Å². The van der Waals surface area contributed by atoms with Crippen LogP contribution < -0.4 is 14.8 Å². The quantitative estimate of drug-likeness (QED) is 0.285. The van der Waals surface area contributed by atoms with Gasteiger partial charge in [0.05, 0.1) is 6.26 Å². The van der Waals surface area contributed by atoms with E-state index in [1.807, 2.05) is 48.5 Å². The predicted molar refractivity (Wildman–Crippen MR) is 129 cm³/mol. The van der Waals surface area contributed by atoms with Gasteiger partial charge in [0.2, 0.25) is 22.7 Å². The average Bonchev–Trinajstić information content (AvgIpc) is 2.76. The molecule has 2 aromatic rings. The molecule has 2 rings (SSSR count). The van der Waals surface area contributed by atoms with Gasteiger partial charge >= 0.3 is 0 Å². The van der Waals surface area contributed by atoms with E-state index in [0.29, 0.717) is 30.2 Å². The first-order valence-corrected chi connectivity index (χ1v) is 12.7. The molecule has 0 heterocycles. The van der Waals surface area contributed by atoms with Crippen molar-refractivity contribution in [2.24, 2.45) is 5.92 Å². The molecule has 178 valence electrons. The first kappa shape index (κ1) is 26.5. The van der Waals surface area contributed by atoms with Crippen LogP contribution in [0.4, 0.5) is 0 Å². The van der Waals surface area contributed by atoms with Crippen molar-refractivity contribution >= 4 is 27.5 Å². The van der Waals surface area contributed by atoms with Crippen LogP contribution in [-0.4, -0.2) is 40.0 Å². The Morgan fingerprint density at radius 1 is 1.06 bits per heavy atom. The highest BCUT2D eigenvalue weighted by molar-refractivity contribution is 7.88. The van der Waals surface area contributed by atoms with Gasteiger partial charge in [-0.05, 0) is 47.7 Å². The molecule has 0 aliphatic rings. The number of hydrogen-bond acceptors (Lipinski definition) is 5. The smallest absolute Gasteiger partial charge is 0.241 e. The van der Waals surface area contributed by atoms with E-state index in [1.165, 1.54) is 0 Å². The summed E-state index contributed by atoms with van der Waals surface area (Å²) in [6.07, 6.45) is 4.81. The van der Waals surface area contributed by atoms with Crippen LogP contribution in [0.2, 0.25) is 5.02 Å². The van der Waals surface area contributed by atoms with Crippen molar-refractivity contribution in [2.75, 3.05) is 19.6 Å². The van der Waals surface area contributed by atoms with Crippen LogP contribution >= 0.6 is 11.6 Å². The normalized spacial score (nSPS) is 11.9. The molecule has 0 bridgehead atoms. The lowest BCUT2D eigenvalue weighted by atomic mass is 10.0. The van der Waals surface area contributed by atoms with Gasteiger partial charge in [0.1, 0.15) is 17.9 Å². The minimum atomic E-state index is -3.47. The maximum absolute atomic E-state index is 12.3. The Morgan fingerprint density at radius 3 is 2.30 bits per heavy atom. The maximum atomic E-state index is 12.3. The monoisotopic (exact) mass is 492 g/mol. The number of rotatable bonds is 11. The highest BCUT2D eigenvalue weighted by atomic mass is 35.5. The number of nitrogens with one attached hydrogen (secondary N) is 2. The highest BCUT2D eigenvalue weighted by Gasteiger charge is 2.24. The summed E-state index contributed by atoms with van der Waals surface area (Å²) in [5, 5.41) is 3.47. The summed E-state index contributed by atoms with van der Waals surface area (Å²) in [5.41, 5.74) is 2.05. The minimum Gasteiger partial charge on any atom is -0.457 e. The van der Waals surface area contributed by atoms with Crippen molar-refractivity contribution in [3.05, 3.63) is 64.7 Å². The number of sulfonamides is 1. The van der Waals surface area contributed by atoms with Crippen LogP contribution in [0.5, 0.6) is 5.75 Å². The van der Waals surface area contributed by atoms with Crippen molar-refractivity contribution in [1.29, 1.82) is 0 Å². The molecule has 0 radical (unpaired) electrons. The van der Waals surface area contributed by atoms with Crippen molar-refractivity contribution in [2.45, 2.75) is 32.7 Å². The summed E-state index contributed by atoms with van der Waals surface area (Å²) in [5.74, 6) is 3.04. The molecular weight excluding hydrogens is 464 g/mol. The number of hydrogen-bond donors (Lipinski definition) is 2. The van der Waals surface area contributed by atoms with Gasteiger partial charge in [-0.1, -0.05) is 55.6 Å². The molecule has 2 aromatic carbocycles. The number of benzene rings is 2. The van der Waals surface area contributed by atoms with Gasteiger partial charge < -0.3 is 14.8 Å². The molecule has 0 fully saturated rings. The van der Waals surface area contributed by atoms with Gasteiger partial charge in [-0.2, -0.15) is 0 Å². The number of amides is 1. The van der Waals surface area contributed by atoms with Crippen LogP contribution in [0.15, 0.2) is 48.5 Å². The van der Waals surface area contributed by atoms with Crippen molar-refractivity contribution in [3.63, 3.8) is 0 Å². The van der Waals surface area contributed by atoms with Crippen LogP contribution in [0, 0.1) is 17.9 Å². The topological polar surface area (TPSA) is 93.7 Å². The number of ether oxygens (including phenoxy) is 2. The maximum Gasteiger partial charge on any atom is 0.241 e. The fraction of sp³-hybridized carbons (Fsp3) is 0.375. The Labute approximate surface area is 200 Å². The molecule has 0 aromatic heterocycles. The summed E-state index contributed by atoms with van der Waals surface area (Å²) in [7, 11) is -3.47. The van der Waals surface area contributed by atoms with E-state index >= 15 is 0 Å². The third kappa shape index (κ3) is 10.6. The molecule has 7 nitrogen and oxygen atoms in total. The van der Waals surface area contributed by atoms with Crippen LogP contribution in [0.3, 0.4) is 0 Å². The van der Waals surface area contributed by atoms with Crippen LogP contribution in [-0.2, 0) is 32.4 Å². The Bertz CT molecular complexity index is 1060. The molecule has 0 aliphatic heterocycles. The SMILES string of the molecule is CC(C)[C@H](NS(C)(=O)=O)C(=O)NCCc1ccc(OCOC#CCc2ccc(Cl)cc2)cc1. The molecule has 1 atom stereocenters. The second-order valence-corrected chi connectivity index (χ2v) is 10.0.